The van der Waals surface area contributed by atoms with Crippen LogP contribution in [0.2, 0.25) is 0 Å². The van der Waals surface area contributed by atoms with Crippen molar-refractivity contribution in [2.75, 3.05) is 0 Å². The average molecular weight is 417 g/mol. The van der Waals surface area contributed by atoms with E-state index in [1.165, 1.54) is 0 Å². The largest absolute Gasteiger partial charge is 2.00 e. The summed E-state index contributed by atoms with van der Waals surface area (Å²) in [5.74, 6) is 0. The van der Waals surface area contributed by atoms with Crippen LogP contribution < -0.4 is 0 Å². The molecule has 0 nitrogen and oxygen atoms in total. The van der Waals surface area contributed by atoms with Crippen LogP contribution >= 0.6 is 0 Å². The van der Waals surface area contributed by atoms with Crippen molar-refractivity contribution in [3.63, 3.8) is 0 Å². The van der Waals surface area contributed by atoms with E-state index < -0.39 is 0 Å². The predicted molar refractivity (Wildman–Crippen MR) is 88.1 cm³/mol. The molecule has 0 aromatic heterocycles. The minimum atomic E-state index is 0. The molecule has 0 radical (unpaired) electrons. The molecule has 116 valence electrons. The zero-order valence-corrected chi connectivity index (χ0v) is 15.1. The summed E-state index contributed by atoms with van der Waals surface area (Å²) in [5.41, 5.74) is 0. The molecule has 0 heterocycles. The topological polar surface area (TPSA) is 0 Å². The summed E-state index contributed by atoms with van der Waals surface area (Å²) in [6, 6.07) is 40.0. The van der Waals surface area contributed by atoms with Crippen LogP contribution in [0.3, 0.4) is 0 Å². The van der Waals surface area contributed by atoms with Crippen LogP contribution in [0.25, 0.3) is 0 Å². The standard InChI is InChI=1S/4C5H5.Fe.Ru/c4*1-2-4-5-3-1;;/h4*1-5H;;/q4*-1;2*+2. The predicted octanol–water partition coefficient (Wildman–Crippen LogP) is 5.62. The Balaban J connectivity index is 0. The van der Waals surface area contributed by atoms with Crippen LogP contribution in [0.1, 0.15) is 0 Å². The van der Waals surface area contributed by atoms with Crippen LogP contribution in [-0.4, -0.2) is 0 Å². The third-order valence-electron chi connectivity index (χ3n) is 2.22. The van der Waals surface area contributed by atoms with Crippen molar-refractivity contribution >= 4 is 0 Å². The van der Waals surface area contributed by atoms with Crippen LogP contribution in [0, 0.1) is 0 Å². The van der Waals surface area contributed by atoms with Gasteiger partial charge in [-0.3, -0.25) is 0 Å². The van der Waals surface area contributed by atoms with Crippen molar-refractivity contribution in [3.8, 4) is 0 Å². The van der Waals surface area contributed by atoms with Gasteiger partial charge in [0.05, 0.1) is 0 Å². The van der Waals surface area contributed by atoms with Gasteiger partial charge in [0, 0.05) is 0 Å². The van der Waals surface area contributed by atoms with Crippen LogP contribution in [0.4, 0.5) is 0 Å². The van der Waals surface area contributed by atoms with Crippen molar-refractivity contribution in [1.82, 2.24) is 0 Å². The second kappa shape index (κ2) is 19.5. The van der Waals surface area contributed by atoms with E-state index in [2.05, 4.69) is 0 Å². The second-order valence-corrected chi connectivity index (χ2v) is 3.85. The van der Waals surface area contributed by atoms with Crippen LogP contribution in [0.5, 0.6) is 0 Å². The maximum Gasteiger partial charge on any atom is 2.00 e. The molecule has 0 spiro atoms. The molecule has 2 heteroatoms. The molecule has 0 fully saturated rings. The maximum atomic E-state index is 2.00. The van der Waals surface area contributed by atoms with Crippen molar-refractivity contribution in [1.29, 1.82) is 0 Å². The third-order valence-corrected chi connectivity index (χ3v) is 2.22. The fourth-order valence-corrected chi connectivity index (χ4v) is 1.28. The molecule has 0 aliphatic rings. The van der Waals surface area contributed by atoms with Gasteiger partial charge >= 0.3 is 36.5 Å². The van der Waals surface area contributed by atoms with Gasteiger partial charge in [0.15, 0.2) is 0 Å². The molecule has 4 rings (SSSR count). The van der Waals surface area contributed by atoms with E-state index in [1.807, 2.05) is 121 Å². The molecule has 0 saturated carbocycles. The zero-order chi connectivity index (χ0) is 14.1. The van der Waals surface area contributed by atoms with E-state index in [4.69, 9.17) is 0 Å². The van der Waals surface area contributed by atoms with Crippen molar-refractivity contribution in [2.45, 2.75) is 0 Å². The number of hydrogen-bond acceptors (Lipinski definition) is 0. The van der Waals surface area contributed by atoms with Crippen molar-refractivity contribution in [2.24, 2.45) is 0 Å². The van der Waals surface area contributed by atoms with E-state index in [-0.39, 0.29) is 36.5 Å². The minimum absolute atomic E-state index is 0. The van der Waals surface area contributed by atoms with E-state index in [1.54, 1.807) is 0 Å². The molecule has 0 aliphatic heterocycles. The molecular formula is C20H20FeRu. The Hall–Kier alpha value is -1.46. The average Bonchev–Trinajstić information content (AvgIpc) is 3.40. The van der Waals surface area contributed by atoms with E-state index in [0.29, 0.717) is 0 Å². The monoisotopic (exact) mass is 418 g/mol. The molecule has 0 saturated heterocycles. The summed E-state index contributed by atoms with van der Waals surface area (Å²) in [7, 11) is 0. The normalized spacial score (nSPS) is 7.27. The van der Waals surface area contributed by atoms with Gasteiger partial charge in [-0.05, 0) is 0 Å². The molecule has 0 aliphatic carbocycles. The smallest absolute Gasteiger partial charge is 0.214 e. The molecule has 0 bridgehead atoms. The van der Waals surface area contributed by atoms with Gasteiger partial charge in [0.25, 0.3) is 0 Å². The first-order valence-corrected chi connectivity index (χ1v) is 6.67. The van der Waals surface area contributed by atoms with Gasteiger partial charge < -0.3 is 0 Å². The SMILES string of the molecule is [Fe+2].[Ru+2].c1cc[cH-]c1.c1cc[cH-]c1.c1cc[cH-]c1.c1cc[cH-]c1. The quantitative estimate of drug-likeness (QED) is 0.258. The Labute approximate surface area is 157 Å². The Morgan fingerprint density at radius 1 is 0.318 bits per heavy atom. The minimum Gasteiger partial charge on any atom is -0.214 e. The summed E-state index contributed by atoms with van der Waals surface area (Å²) in [6.07, 6.45) is 0. The fraction of sp³-hybridized carbons (Fsp3) is 0. The summed E-state index contributed by atoms with van der Waals surface area (Å²) in [4.78, 5) is 0. The van der Waals surface area contributed by atoms with Gasteiger partial charge in [-0.1, -0.05) is 0 Å². The van der Waals surface area contributed by atoms with E-state index in [0.717, 1.165) is 0 Å². The fourth-order valence-electron chi connectivity index (χ4n) is 1.28. The first kappa shape index (κ1) is 22.8. The molecule has 4 aromatic carbocycles. The van der Waals surface area contributed by atoms with Crippen LogP contribution in [-0.2, 0) is 36.5 Å². The molecule has 0 N–H and O–H groups in total. The summed E-state index contributed by atoms with van der Waals surface area (Å²) >= 11 is 0. The number of hydrogen-bond donors (Lipinski definition) is 0. The Morgan fingerprint density at radius 3 is 0.500 bits per heavy atom. The van der Waals surface area contributed by atoms with Gasteiger partial charge in [-0.2, -0.15) is 72.8 Å². The Morgan fingerprint density at radius 2 is 0.455 bits per heavy atom. The van der Waals surface area contributed by atoms with Crippen molar-refractivity contribution < 1.29 is 36.5 Å². The van der Waals surface area contributed by atoms with Crippen LogP contribution in [0.15, 0.2) is 121 Å². The molecule has 22 heavy (non-hydrogen) atoms. The summed E-state index contributed by atoms with van der Waals surface area (Å²) in [6.45, 7) is 0. The molecule has 0 atom stereocenters. The zero-order valence-electron chi connectivity index (χ0n) is 12.3. The maximum absolute atomic E-state index is 2.00. The first-order valence-electron chi connectivity index (χ1n) is 6.67. The molecule has 0 unspecified atom stereocenters. The molecular weight excluding hydrogens is 397 g/mol. The Kier molecular flexibility index (Phi) is 20.3. The van der Waals surface area contributed by atoms with E-state index >= 15 is 0 Å². The van der Waals surface area contributed by atoms with Gasteiger partial charge in [-0.25, -0.2) is 48.5 Å². The molecule has 4 aromatic rings. The number of rotatable bonds is 0. The van der Waals surface area contributed by atoms with Gasteiger partial charge in [-0.15, -0.1) is 0 Å². The van der Waals surface area contributed by atoms with Gasteiger partial charge in [0.2, 0.25) is 0 Å². The van der Waals surface area contributed by atoms with E-state index in [9.17, 15) is 0 Å². The summed E-state index contributed by atoms with van der Waals surface area (Å²) in [5, 5.41) is 0. The third kappa shape index (κ3) is 16.6. The first-order chi connectivity index (χ1) is 10.0. The second-order valence-electron chi connectivity index (χ2n) is 3.85. The van der Waals surface area contributed by atoms with Gasteiger partial charge in [0.1, 0.15) is 0 Å². The Bertz CT molecular complexity index is 343. The summed E-state index contributed by atoms with van der Waals surface area (Å²) < 4.78 is 0. The van der Waals surface area contributed by atoms with Crippen molar-refractivity contribution in [3.05, 3.63) is 121 Å². The molecule has 0 amide bonds.